The molecule has 2 rings (SSSR count). The fraction of sp³-hybridized carbons (Fsp3) is 0.562. The Hall–Kier alpha value is -1.44. The van der Waals surface area contributed by atoms with Crippen LogP contribution >= 0.6 is 0 Å². The summed E-state index contributed by atoms with van der Waals surface area (Å²) in [6.45, 7) is 7.45. The highest BCUT2D eigenvalue weighted by Crippen LogP contribution is 2.15. The molecule has 1 aromatic rings. The van der Waals surface area contributed by atoms with Gasteiger partial charge in [0.25, 0.3) is 0 Å². The van der Waals surface area contributed by atoms with Crippen molar-refractivity contribution in [1.29, 1.82) is 0 Å². The molecule has 0 aliphatic carbocycles. The minimum Gasteiger partial charge on any atom is -0.379 e. The molecule has 0 bridgehead atoms. The van der Waals surface area contributed by atoms with Crippen molar-refractivity contribution in [2.24, 2.45) is 0 Å². The third-order valence-corrected chi connectivity index (χ3v) is 5.64. The molecule has 7 heteroatoms. The zero-order chi connectivity index (χ0) is 16.9. The van der Waals surface area contributed by atoms with Gasteiger partial charge in [0.1, 0.15) is 5.75 Å². The largest absolute Gasteiger partial charge is 0.379 e. The van der Waals surface area contributed by atoms with Gasteiger partial charge in [-0.3, -0.25) is 9.69 Å². The zero-order valence-electron chi connectivity index (χ0n) is 13.6. The van der Waals surface area contributed by atoms with Crippen LogP contribution in [0.2, 0.25) is 0 Å². The first-order valence-electron chi connectivity index (χ1n) is 7.69. The maximum Gasteiger partial charge on any atom is 0.235 e. The molecule has 0 radical (unpaired) electrons. The summed E-state index contributed by atoms with van der Waals surface area (Å²) in [5, 5.41) is 2.75. The van der Waals surface area contributed by atoms with Gasteiger partial charge in [-0.25, -0.2) is 8.42 Å². The molecule has 1 N–H and O–H groups in total. The van der Waals surface area contributed by atoms with Crippen LogP contribution < -0.4 is 5.32 Å². The Morgan fingerprint density at radius 3 is 2.43 bits per heavy atom. The molecule has 0 spiro atoms. The van der Waals surface area contributed by atoms with E-state index in [0.717, 1.165) is 13.1 Å². The molecule has 0 aromatic heterocycles. The molecule has 6 nitrogen and oxygen atoms in total. The number of hydrogen-bond acceptors (Lipinski definition) is 5. The Morgan fingerprint density at radius 1 is 1.22 bits per heavy atom. The third-order valence-electron chi connectivity index (χ3n) is 4.01. The predicted octanol–water partition coefficient (Wildman–Crippen LogP) is 0.687. The van der Waals surface area contributed by atoms with Crippen molar-refractivity contribution in [2.45, 2.75) is 24.3 Å². The van der Waals surface area contributed by atoms with Crippen LogP contribution in [-0.2, 0) is 19.4 Å². The van der Waals surface area contributed by atoms with E-state index in [-0.39, 0.29) is 10.4 Å². The van der Waals surface area contributed by atoms with Gasteiger partial charge in [-0.15, -0.1) is 0 Å². The molecule has 1 amide bonds. The summed E-state index contributed by atoms with van der Waals surface area (Å²) in [7, 11) is -3.60. The molecular weight excluding hydrogens is 316 g/mol. The minimum absolute atomic E-state index is 0.169. The monoisotopic (exact) mass is 340 g/mol. The Bertz CT molecular complexity index is 623. The van der Waals surface area contributed by atoms with E-state index in [0.29, 0.717) is 19.8 Å². The van der Waals surface area contributed by atoms with Gasteiger partial charge in [0.05, 0.1) is 18.1 Å². The number of carbonyl (C=O) groups is 1. The van der Waals surface area contributed by atoms with Gasteiger partial charge in [-0.05, 0) is 26.0 Å². The predicted molar refractivity (Wildman–Crippen MR) is 88.0 cm³/mol. The number of nitrogens with zero attached hydrogens (tertiary/aromatic N) is 1. The first-order chi connectivity index (χ1) is 10.8. The topological polar surface area (TPSA) is 75.7 Å². The fourth-order valence-corrected chi connectivity index (χ4v) is 3.72. The summed E-state index contributed by atoms with van der Waals surface area (Å²) in [6, 6.07) is 8.03. The number of rotatable bonds is 6. The molecule has 1 aromatic carbocycles. The number of morpholine rings is 1. The van der Waals surface area contributed by atoms with Crippen LogP contribution in [0, 0.1) is 0 Å². The van der Waals surface area contributed by atoms with Crippen molar-refractivity contribution >= 4 is 15.7 Å². The van der Waals surface area contributed by atoms with Crippen LogP contribution in [0.4, 0.5) is 0 Å². The van der Waals surface area contributed by atoms with Crippen molar-refractivity contribution in [3.05, 3.63) is 30.3 Å². The van der Waals surface area contributed by atoms with E-state index in [4.69, 9.17) is 4.74 Å². The van der Waals surface area contributed by atoms with Gasteiger partial charge in [0.15, 0.2) is 9.84 Å². The quantitative estimate of drug-likeness (QED) is 0.824. The van der Waals surface area contributed by atoms with E-state index < -0.39 is 21.5 Å². The van der Waals surface area contributed by atoms with Gasteiger partial charge in [0, 0.05) is 25.2 Å². The number of nitrogens with one attached hydrogen (secondary N) is 1. The van der Waals surface area contributed by atoms with Crippen molar-refractivity contribution in [2.75, 3.05) is 38.6 Å². The molecule has 1 heterocycles. The normalized spacial score (nSPS) is 17.0. The van der Waals surface area contributed by atoms with Gasteiger partial charge < -0.3 is 10.1 Å². The second kappa shape index (κ2) is 7.42. The summed E-state index contributed by atoms with van der Waals surface area (Å²) in [5.41, 5.74) is -0.240. The standard InChI is InChI=1S/C16H24N2O4S/c1-16(2,18-8-10-22-11-9-18)13-17-15(19)12-23(20,21)14-6-4-3-5-7-14/h3-7H,8-13H2,1-2H3,(H,17,19). The molecule has 1 fully saturated rings. The van der Waals surface area contributed by atoms with Crippen LogP contribution in [0.3, 0.4) is 0 Å². The van der Waals surface area contributed by atoms with Crippen LogP contribution in [0.15, 0.2) is 35.2 Å². The molecule has 1 aliphatic rings. The molecule has 0 atom stereocenters. The van der Waals surface area contributed by atoms with Crippen LogP contribution in [-0.4, -0.2) is 63.4 Å². The van der Waals surface area contributed by atoms with Crippen LogP contribution in [0.5, 0.6) is 0 Å². The SMILES string of the molecule is CC(C)(CNC(=O)CS(=O)(=O)c1ccccc1)N1CCOCC1. The van der Waals surface area contributed by atoms with Crippen LogP contribution in [0.1, 0.15) is 13.8 Å². The van der Waals surface area contributed by atoms with Gasteiger partial charge in [0.2, 0.25) is 5.91 Å². The van der Waals surface area contributed by atoms with Gasteiger partial charge in [-0.1, -0.05) is 18.2 Å². The fourth-order valence-electron chi connectivity index (χ4n) is 2.53. The van der Waals surface area contributed by atoms with E-state index >= 15 is 0 Å². The second-order valence-electron chi connectivity index (χ2n) is 6.26. The average Bonchev–Trinajstić information content (AvgIpc) is 2.54. The molecule has 0 unspecified atom stereocenters. The number of carbonyl (C=O) groups excluding carboxylic acids is 1. The van der Waals surface area contributed by atoms with Crippen molar-refractivity contribution in [3.8, 4) is 0 Å². The highest BCUT2D eigenvalue weighted by molar-refractivity contribution is 7.92. The summed E-state index contributed by atoms with van der Waals surface area (Å²) in [5.74, 6) is -1.01. The highest BCUT2D eigenvalue weighted by atomic mass is 32.2. The maximum atomic E-state index is 12.2. The number of amides is 1. The molecular formula is C16H24N2O4S. The first-order valence-corrected chi connectivity index (χ1v) is 9.34. The van der Waals surface area contributed by atoms with E-state index in [9.17, 15) is 13.2 Å². The smallest absolute Gasteiger partial charge is 0.235 e. The molecule has 23 heavy (non-hydrogen) atoms. The number of sulfone groups is 1. The van der Waals surface area contributed by atoms with E-state index in [2.05, 4.69) is 10.2 Å². The van der Waals surface area contributed by atoms with Crippen molar-refractivity contribution in [1.82, 2.24) is 10.2 Å². The third kappa shape index (κ3) is 5.02. The van der Waals surface area contributed by atoms with Gasteiger partial charge >= 0.3 is 0 Å². The Labute approximate surface area is 137 Å². The van der Waals surface area contributed by atoms with Crippen molar-refractivity contribution < 1.29 is 17.9 Å². The van der Waals surface area contributed by atoms with E-state index in [1.807, 2.05) is 13.8 Å². The average molecular weight is 340 g/mol. The lowest BCUT2D eigenvalue weighted by atomic mass is 10.0. The van der Waals surface area contributed by atoms with Crippen molar-refractivity contribution in [3.63, 3.8) is 0 Å². The lowest BCUT2D eigenvalue weighted by molar-refractivity contribution is -0.119. The van der Waals surface area contributed by atoms with Gasteiger partial charge in [-0.2, -0.15) is 0 Å². The Kier molecular flexibility index (Phi) is 5.78. The summed E-state index contributed by atoms with van der Waals surface area (Å²) < 4.78 is 29.7. The molecule has 1 saturated heterocycles. The van der Waals surface area contributed by atoms with E-state index in [1.165, 1.54) is 12.1 Å². The summed E-state index contributed by atoms with van der Waals surface area (Å²) in [6.07, 6.45) is 0. The lowest BCUT2D eigenvalue weighted by Gasteiger charge is -2.40. The van der Waals surface area contributed by atoms with Crippen LogP contribution in [0.25, 0.3) is 0 Å². The van der Waals surface area contributed by atoms with E-state index in [1.54, 1.807) is 18.2 Å². The number of hydrogen-bond donors (Lipinski definition) is 1. The Balaban J connectivity index is 1.89. The first kappa shape index (κ1) is 17.9. The number of benzene rings is 1. The molecule has 0 saturated carbocycles. The zero-order valence-corrected chi connectivity index (χ0v) is 14.4. The lowest BCUT2D eigenvalue weighted by Crippen LogP contribution is -2.55. The number of ether oxygens (including phenoxy) is 1. The highest BCUT2D eigenvalue weighted by Gasteiger charge is 2.29. The molecule has 128 valence electrons. The summed E-state index contributed by atoms with van der Waals surface area (Å²) >= 11 is 0. The summed E-state index contributed by atoms with van der Waals surface area (Å²) in [4.78, 5) is 14.4. The maximum absolute atomic E-state index is 12.2. The second-order valence-corrected chi connectivity index (χ2v) is 8.25. The Morgan fingerprint density at radius 2 is 1.83 bits per heavy atom. The molecule has 1 aliphatic heterocycles. The minimum atomic E-state index is -3.60.